The molecule has 0 unspecified atom stereocenters. The van der Waals surface area contributed by atoms with Crippen molar-refractivity contribution in [3.05, 3.63) is 16.6 Å². The van der Waals surface area contributed by atoms with Gasteiger partial charge in [-0.2, -0.15) is 13.2 Å². The molecule has 3 nitrogen and oxygen atoms in total. The number of hydrogen-bond donors (Lipinski definition) is 1. The molecular weight excluding hydrogens is 263 g/mol. The number of nitrogens with zero attached hydrogens (tertiary/aromatic N) is 2. The van der Waals surface area contributed by atoms with Gasteiger partial charge < -0.3 is 5.32 Å². The lowest BCUT2D eigenvalue weighted by molar-refractivity contribution is -0.148. The van der Waals surface area contributed by atoms with Crippen molar-refractivity contribution in [1.29, 1.82) is 0 Å². The average molecular weight is 279 g/mol. The standard InChI is InChI=1S/C11H16F3N3S/c12-11(13,14)7-17-3-1-9(2-4-17)16-6-10-5-15-8-18-10/h5,8-9,16H,1-4,6-7H2. The minimum absolute atomic E-state index is 0.316. The van der Waals surface area contributed by atoms with Gasteiger partial charge in [-0.3, -0.25) is 9.88 Å². The van der Waals surface area contributed by atoms with Gasteiger partial charge in [0, 0.05) is 23.7 Å². The second kappa shape index (κ2) is 5.99. The summed E-state index contributed by atoms with van der Waals surface area (Å²) in [6.45, 7) is 1.00. The summed E-state index contributed by atoms with van der Waals surface area (Å²) in [5, 5.41) is 3.37. The molecular formula is C11H16F3N3S. The minimum Gasteiger partial charge on any atom is -0.309 e. The Kier molecular flexibility index (Phi) is 4.58. The molecule has 0 radical (unpaired) electrons. The van der Waals surface area contributed by atoms with Crippen LogP contribution in [-0.2, 0) is 6.54 Å². The number of hydrogen-bond acceptors (Lipinski definition) is 4. The van der Waals surface area contributed by atoms with E-state index in [2.05, 4.69) is 10.3 Å². The van der Waals surface area contributed by atoms with Gasteiger partial charge in [0.15, 0.2) is 0 Å². The van der Waals surface area contributed by atoms with Gasteiger partial charge in [-0.05, 0) is 25.9 Å². The van der Waals surface area contributed by atoms with Gasteiger partial charge in [-0.15, -0.1) is 11.3 Å². The van der Waals surface area contributed by atoms with E-state index in [9.17, 15) is 13.2 Å². The number of rotatable bonds is 4. The van der Waals surface area contributed by atoms with Crippen molar-refractivity contribution in [3.8, 4) is 0 Å². The summed E-state index contributed by atoms with van der Waals surface area (Å²) in [6.07, 6.45) is -0.719. The Hall–Kier alpha value is -0.660. The van der Waals surface area contributed by atoms with Gasteiger partial charge in [0.2, 0.25) is 0 Å². The third kappa shape index (κ3) is 4.55. The summed E-state index contributed by atoms with van der Waals surface area (Å²) >= 11 is 1.59. The van der Waals surface area contributed by atoms with Crippen molar-refractivity contribution >= 4 is 11.3 Å². The van der Waals surface area contributed by atoms with E-state index in [1.807, 2.05) is 6.20 Å². The summed E-state index contributed by atoms with van der Waals surface area (Å²) in [7, 11) is 0. The molecule has 0 saturated carbocycles. The summed E-state index contributed by atoms with van der Waals surface area (Å²) < 4.78 is 36.6. The van der Waals surface area contributed by atoms with Crippen LogP contribution in [0.1, 0.15) is 17.7 Å². The summed E-state index contributed by atoms with van der Waals surface area (Å²) in [6, 6.07) is 0.316. The van der Waals surface area contributed by atoms with E-state index in [1.165, 1.54) is 4.90 Å². The molecule has 1 saturated heterocycles. The van der Waals surface area contributed by atoms with Crippen molar-refractivity contribution < 1.29 is 13.2 Å². The third-order valence-corrected chi connectivity index (χ3v) is 3.82. The Morgan fingerprint density at radius 1 is 1.39 bits per heavy atom. The Morgan fingerprint density at radius 2 is 2.11 bits per heavy atom. The largest absolute Gasteiger partial charge is 0.401 e. The number of halogens is 3. The molecule has 18 heavy (non-hydrogen) atoms. The van der Waals surface area contributed by atoms with Crippen LogP contribution in [0.25, 0.3) is 0 Å². The highest BCUT2D eigenvalue weighted by Gasteiger charge is 2.32. The monoisotopic (exact) mass is 279 g/mol. The molecule has 7 heteroatoms. The number of aromatic nitrogens is 1. The Balaban J connectivity index is 1.67. The van der Waals surface area contributed by atoms with Crippen LogP contribution in [-0.4, -0.2) is 41.7 Å². The zero-order valence-electron chi connectivity index (χ0n) is 9.91. The molecule has 102 valence electrons. The maximum Gasteiger partial charge on any atom is 0.401 e. The highest BCUT2D eigenvalue weighted by Crippen LogP contribution is 2.20. The molecule has 1 N–H and O–H groups in total. The number of alkyl halides is 3. The van der Waals surface area contributed by atoms with Crippen molar-refractivity contribution in [1.82, 2.24) is 15.2 Å². The maximum atomic E-state index is 12.2. The highest BCUT2D eigenvalue weighted by molar-refractivity contribution is 7.09. The molecule has 0 aliphatic carbocycles. The molecule has 1 aromatic heterocycles. The fourth-order valence-electron chi connectivity index (χ4n) is 2.12. The minimum atomic E-state index is -4.08. The van der Waals surface area contributed by atoms with Crippen LogP contribution < -0.4 is 5.32 Å². The molecule has 1 aliphatic heterocycles. The van der Waals surface area contributed by atoms with Gasteiger partial charge in [0.25, 0.3) is 0 Å². The van der Waals surface area contributed by atoms with E-state index in [4.69, 9.17) is 0 Å². The van der Waals surface area contributed by atoms with Crippen LogP contribution in [0.5, 0.6) is 0 Å². The number of thiazole rings is 1. The van der Waals surface area contributed by atoms with E-state index in [0.29, 0.717) is 19.1 Å². The van der Waals surface area contributed by atoms with Gasteiger partial charge in [-0.1, -0.05) is 0 Å². The van der Waals surface area contributed by atoms with Crippen LogP contribution in [0.15, 0.2) is 11.7 Å². The van der Waals surface area contributed by atoms with E-state index in [0.717, 1.165) is 24.3 Å². The fourth-order valence-corrected chi connectivity index (χ4v) is 2.67. The third-order valence-electron chi connectivity index (χ3n) is 3.04. The predicted molar refractivity (Wildman–Crippen MR) is 64.5 cm³/mol. The predicted octanol–water partition coefficient (Wildman–Crippen LogP) is 2.26. The van der Waals surface area contributed by atoms with Crippen LogP contribution in [0.3, 0.4) is 0 Å². The number of nitrogens with one attached hydrogen (secondary N) is 1. The fraction of sp³-hybridized carbons (Fsp3) is 0.727. The number of likely N-dealkylation sites (tertiary alicyclic amines) is 1. The molecule has 0 spiro atoms. The lowest BCUT2D eigenvalue weighted by Crippen LogP contribution is -2.45. The molecule has 0 aromatic carbocycles. The Labute approximate surface area is 108 Å². The van der Waals surface area contributed by atoms with Crippen molar-refractivity contribution in [2.75, 3.05) is 19.6 Å². The van der Waals surface area contributed by atoms with Crippen molar-refractivity contribution in [2.24, 2.45) is 0 Å². The summed E-state index contributed by atoms with van der Waals surface area (Å²) in [5.74, 6) is 0. The molecule has 2 rings (SSSR count). The maximum absolute atomic E-state index is 12.2. The first kappa shape index (κ1) is 13.8. The van der Waals surface area contributed by atoms with E-state index >= 15 is 0 Å². The molecule has 0 bridgehead atoms. The van der Waals surface area contributed by atoms with E-state index < -0.39 is 12.7 Å². The molecule has 0 amide bonds. The van der Waals surface area contributed by atoms with Crippen LogP contribution in [0.2, 0.25) is 0 Å². The first-order chi connectivity index (χ1) is 8.53. The zero-order chi connectivity index (χ0) is 13.0. The quantitative estimate of drug-likeness (QED) is 0.916. The molecule has 0 atom stereocenters. The first-order valence-electron chi connectivity index (χ1n) is 5.93. The van der Waals surface area contributed by atoms with Gasteiger partial charge in [0.1, 0.15) is 0 Å². The highest BCUT2D eigenvalue weighted by atomic mass is 32.1. The topological polar surface area (TPSA) is 28.2 Å². The Morgan fingerprint density at radius 3 is 2.67 bits per heavy atom. The van der Waals surface area contributed by atoms with Crippen molar-refractivity contribution in [3.63, 3.8) is 0 Å². The summed E-state index contributed by atoms with van der Waals surface area (Å²) in [5.41, 5.74) is 1.78. The molecule has 1 aliphatic rings. The van der Waals surface area contributed by atoms with Crippen molar-refractivity contribution in [2.45, 2.75) is 31.6 Å². The van der Waals surface area contributed by atoms with Crippen LogP contribution in [0.4, 0.5) is 13.2 Å². The lowest BCUT2D eigenvalue weighted by atomic mass is 10.1. The molecule has 1 aromatic rings. The zero-order valence-corrected chi connectivity index (χ0v) is 10.7. The SMILES string of the molecule is FC(F)(F)CN1CCC(NCc2cncs2)CC1. The molecule has 2 heterocycles. The van der Waals surface area contributed by atoms with Crippen LogP contribution >= 0.6 is 11.3 Å². The normalized spacial score (nSPS) is 19.3. The second-order valence-corrected chi connectivity index (χ2v) is 5.49. The number of piperidine rings is 1. The average Bonchev–Trinajstić information content (AvgIpc) is 2.79. The van der Waals surface area contributed by atoms with E-state index in [-0.39, 0.29) is 0 Å². The van der Waals surface area contributed by atoms with Crippen LogP contribution in [0, 0.1) is 0 Å². The van der Waals surface area contributed by atoms with Gasteiger partial charge in [-0.25, -0.2) is 0 Å². The lowest BCUT2D eigenvalue weighted by Gasteiger charge is -2.32. The second-order valence-electron chi connectivity index (χ2n) is 4.51. The van der Waals surface area contributed by atoms with Gasteiger partial charge >= 0.3 is 6.18 Å². The smallest absolute Gasteiger partial charge is 0.309 e. The first-order valence-corrected chi connectivity index (χ1v) is 6.81. The Bertz CT molecular complexity index is 345. The van der Waals surface area contributed by atoms with E-state index in [1.54, 1.807) is 16.8 Å². The molecule has 1 fully saturated rings. The summed E-state index contributed by atoms with van der Waals surface area (Å²) in [4.78, 5) is 6.62. The van der Waals surface area contributed by atoms with Gasteiger partial charge in [0.05, 0.1) is 12.1 Å².